The third-order valence-electron chi connectivity index (χ3n) is 4.49. The fourth-order valence-corrected chi connectivity index (χ4v) is 2.98. The van der Waals surface area contributed by atoms with Gasteiger partial charge in [0.1, 0.15) is 12.4 Å². The van der Waals surface area contributed by atoms with Crippen molar-refractivity contribution in [1.29, 1.82) is 0 Å². The minimum absolute atomic E-state index is 0.378. The second-order valence-corrected chi connectivity index (χ2v) is 7.11. The van der Waals surface area contributed by atoms with E-state index in [4.69, 9.17) is 4.74 Å². The molecule has 2 unspecified atom stereocenters. The zero-order chi connectivity index (χ0) is 16.1. The number of aliphatic hydroxyl groups excluding tert-OH is 1. The van der Waals surface area contributed by atoms with Crippen molar-refractivity contribution in [2.45, 2.75) is 53.2 Å². The van der Waals surface area contributed by atoms with Crippen LogP contribution in [0.4, 0.5) is 0 Å². The first kappa shape index (κ1) is 17.3. The fourth-order valence-electron chi connectivity index (χ4n) is 2.98. The Morgan fingerprint density at radius 2 is 2.05 bits per heavy atom. The summed E-state index contributed by atoms with van der Waals surface area (Å²) in [6.07, 6.45) is 1.63. The lowest BCUT2D eigenvalue weighted by Crippen LogP contribution is -2.30. The number of benzene rings is 1. The molecule has 3 heteroatoms. The highest BCUT2D eigenvalue weighted by Crippen LogP contribution is 2.29. The van der Waals surface area contributed by atoms with E-state index < -0.39 is 0 Å². The Balaban J connectivity index is 2.13. The molecule has 2 atom stereocenters. The van der Waals surface area contributed by atoms with E-state index in [0.29, 0.717) is 11.8 Å². The van der Waals surface area contributed by atoms with Gasteiger partial charge in [0, 0.05) is 25.2 Å². The molecule has 124 valence electrons. The van der Waals surface area contributed by atoms with Gasteiger partial charge in [0.2, 0.25) is 0 Å². The van der Waals surface area contributed by atoms with Crippen molar-refractivity contribution < 1.29 is 9.84 Å². The Kier molecular flexibility index (Phi) is 6.27. The summed E-state index contributed by atoms with van der Waals surface area (Å²) in [6.45, 7) is 12.6. The van der Waals surface area contributed by atoms with Crippen molar-refractivity contribution in [3.63, 3.8) is 0 Å². The standard InChI is InChI=1S/C19H31NO2/c1-5-15(4)12-20-8-9-22-19-7-6-16(11-17(19)13-20)18(21)10-14(2)3/h6-7,11,14-15,18,21H,5,8-10,12-13H2,1-4H3. The molecule has 2 rings (SSSR count). The first-order valence-electron chi connectivity index (χ1n) is 8.65. The Morgan fingerprint density at radius 1 is 1.27 bits per heavy atom. The lowest BCUT2D eigenvalue weighted by Gasteiger charge is -2.23. The highest BCUT2D eigenvalue weighted by Gasteiger charge is 2.19. The minimum Gasteiger partial charge on any atom is -0.492 e. The molecule has 0 amide bonds. The molecule has 1 aromatic carbocycles. The summed E-state index contributed by atoms with van der Waals surface area (Å²) in [6, 6.07) is 6.18. The van der Waals surface area contributed by atoms with Crippen molar-refractivity contribution in [1.82, 2.24) is 4.90 Å². The van der Waals surface area contributed by atoms with Crippen molar-refractivity contribution in [2.24, 2.45) is 11.8 Å². The van der Waals surface area contributed by atoms with Crippen LogP contribution in [0.1, 0.15) is 57.8 Å². The molecule has 0 bridgehead atoms. The quantitative estimate of drug-likeness (QED) is 0.862. The number of nitrogens with zero attached hydrogens (tertiary/aromatic N) is 1. The summed E-state index contributed by atoms with van der Waals surface area (Å²) in [4.78, 5) is 2.47. The van der Waals surface area contributed by atoms with Crippen LogP contribution in [0.25, 0.3) is 0 Å². The second-order valence-electron chi connectivity index (χ2n) is 7.11. The molecular formula is C19H31NO2. The van der Waals surface area contributed by atoms with Gasteiger partial charge in [-0.1, -0.05) is 40.2 Å². The van der Waals surface area contributed by atoms with Gasteiger partial charge in [-0.15, -0.1) is 0 Å². The largest absolute Gasteiger partial charge is 0.492 e. The van der Waals surface area contributed by atoms with Crippen LogP contribution < -0.4 is 4.74 Å². The number of ether oxygens (including phenoxy) is 1. The number of hydrogen-bond donors (Lipinski definition) is 1. The van der Waals surface area contributed by atoms with Gasteiger partial charge in [-0.3, -0.25) is 4.90 Å². The predicted molar refractivity (Wildman–Crippen MR) is 91.1 cm³/mol. The summed E-state index contributed by atoms with van der Waals surface area (Å²) < 4.78 is 5.89. The number of rotatable bonds is 6. The van der Waals surface area contributed by atoms with E-state index >= 15 is 0 Å². The lowest BCUT2D eigenvalue weighted by molar-refractivity contribution is 0.151. The summed E-state index contributed by atoms with van der Waals surface area (Å²) in [5.74, 6) is 2.18. The van der Waals surface area contributed by atoms with E-state index in [1.165, 1.54) is 12.0 Å². The number of hydrogen-bond acceptors (Lipinski definition) is 3. The van der Waals surface area contributed by atoms with Gasteiger partial charge in [-0.25, -0.2) is 0 Å². The van der Waals surface area contributed by atoms with E-state index in [0.717, 1.165) is 44.0 Å². The maximum Gasteiger partial charge on any atom is 0.123 e. The van der Waals surface area contributed by atoms with Crippen LogP contribution in [0.15, 0.2) is 18.2 Å². The van der Waals surface area contributed by atoms with Gasteiger partial charge in [0.15, 0.2) is 0 Å². The first-order valence-corrected chi connectivity index (χ1v) is 8.65. The van der Waals surface area contributed by atoms with E-state index in [9.17, 15) is 5.11 Å². The lowest BCUT2D eigenvalue weighted by atomic mass is 9.97. The van der Waals surface area contributed by atoms with Gasteiger partial charge in [-0.2, -0.15) is 0 Å². The van der Waals surface area contributed by atoms with Crippen LogP contribution in [-0.4, -0.2) is 29.7 Å². The second kappa shape index (κ2) is 7.98. The van der Waals surface area contributed by atoms with E-state index in [-0.39, 0.29) is 6.10 Å². The molecule has 0 saturated carbocycles. The van der Waals surface area contributed by atoms with Gasteiger partial charge in [-0.05, 0) is 36.0 Å². The van der Waals surface area contributed by atoms with Crippen molar-refractivity contribution in [2.75, 3.05) is 19.7 Å². The minimum atomic E-state index is -0.378. The van der Waals surface area contributed by atoms with Crippen LogP contribution in [-0.2, 0) is 6.54 Å². The van der Waals surface area contributed by atoms with Crippen LogP contribution in [0.3, 0.4) is 0 Å². The molecule has 0 aliphatic carbocycles. The smallest absolute Gasteiger partial charge is 0.123 e. The third kappa shape index (κ3) is 4.72. The summed E-state index contributed by atoms with van der Waals surface area (Å²) >= 11 is 0. The SMILES string of the molecule is CCC(C)CN1CCOc2ccc(C(O)CC(C)C)cc2C1. The fraction of sp³-hybridized carbons (Fsp3) is 0.684. The monoisotopic (exact) mass is 305 g/mol. The highest BCUT2D eigenvalue weighted by atomic mass is 16.5. The molecule has 0 spiro atoms. The average Bonchev–Trinajstić information content (AvgIpc) is 2.67. The van der Waals surface area contributed by atoms with Gasteiger partial charge in [0.25, 0.3) is 0 Å². The maximum absolute atomic E-state index is 10.4. The number of fused-ring (bicyclic) bond motifs is 1. The Labute approximate surface area is 135 Å². The molecule has 1 aliphatic heterocycles. The van der Waals surface area contributed by atoms with Gasteiger partial charge < -0.3 is 9.84 Å². The summed E-state index contributed by atoms with van der Waals surface area (Å²) in [5.41, 5.74) is 2.22. The van der Waals surface area contributed by atoms with Gasteiger partial charge >= 0.3 is 0 Å². The molecule has 1 heterocycles. The normalized spacial score (nSPS) is 18.5. The number of aliphatic hydroxyl groups is 1. The Bertz CT molecular complexity index is 473. The van der Waals surface area contributed by atoms with Crippen LogP contribution >= 0.6 is 0 Å². The zero-order valence-electron chi connectivity index (χ0n) is 14.5. The molecule has 0 saturated heterocycles. The maximum atomic E-state index is 10.4. The van der Waals surface area contributed by atoms with Gasteiger partial charge in [0.05, 0.1) is 6.10 Å². The van der Waals surface area contributed by atoms with Crippen molar-refractivity contribution >= 4 is 0 Å². The van der Waals surface area contributed by atoms with Crippen molar-refractivity contribution in [3.05, 3.63) is 29.3 Å². The molecule has 0 fully saturated rings. The predicted octanol–water partition coefficient (Wildman–Crippen LogP) is 4.01. The van der Waals surface area contributed by atoms with E-state index in [2.05, 4.69) is 38.7 Å². The molecule has 1 N–H and O–H groups in total. The van der Waals surface area contributed by atoms with Crippen LogP contribution in [0, 0.1) is 11.8 Å². The summed E-state index contributed by atoms with van der Waals surface area (Å²) in [5, 5.41) is 10.4. The van der Waals surface area contributed by atoms with Crippen LogP contribution in [0.5, 0.6) is 5.75 Å². The summed E-state index contributed by atoms with van der Waals surface area (Å²) in [7, 11) is 0. The molecule has 0 radical (unpaired) electrons. The van der Waals surface area contributed by atoms with E-state index in [1.54, 1.807) is 0 Å². The molecule has 22 heavy (non-hydrogen) atoms. The van der Waals surface area contributed by atoms with Crippen molar-refractivity contribution in [3.8, 4) is 5.75 Å². The Hall–Kier alpha value is -1.06. The molecule has 0 aromatic heterocycles. The van der Waals surface area contributed by atoms with Crippen LogP contribution in [0.2, 0.25) is 0 Å². The Morgan fingerprint density at radius 3 is 2.73 bits per heavy atom. The first-order chi connectivity index (χ1) is 10.5. The highest BCUT2D eigenvalue weighted by molar-refractivity contribution is 5.38. The topological polar surface area (TPSA) is 32.7 Å². The molecule has 1 aromatic rings. The third-order valence-corrected chi connectivity index (χ3v) is 4.49. The molecular weight excluding hydrogens is 274 g/mol. The average molecular weight is 305 g/mol. The molecule has 1 aliphatic rings. The molecule has 3 nitrogen and oxygen atoms in total. The zero-order valence-corrected chi connectivity index (χ0v) is 14.5. The van der Waals surface area contributed by atoms with E-state index in [1.807, 2.05) is 12.1 Å².